The van der Waals surface area contributed by atoms with Crippen molar-refractivity contribution in [3.63, 3.8) is 0 Å². The number of rotatable bonds is 2. The maximum atomic E-state index is 12.0. The van der Waals surface area contributed by atoms with Crippen LogP contribution in [0.15, 0.2) is 55.0 Å². The molecule has 8 nitrogen and oxygen atoms in total. The number of nitrogens with zero attached hydrogens (tertiary/aromatic N) is 5. The SMILES string of the molecule is N#COc1ccc(C(F)(F)F)cn1.N#COc1ccc(C(F)(F)F)cn1.Nc1ccc(C(F)(F)F)cn1. The average Bonchev–Trinajstić information content (AvgIpc) is 2.80. The van der Waals surface area contributed by atoms with E-state index in [2.05, 4.69) is 24.4 Å². The molecule has 0 saturated carbocycles. The minimum Gasteiger partial charge on any atom is -0.384 e. The normalized spacial score (nSPS) is 10.9. The summed E-state index contributed by atoms with van der Waals surface area (Å²) in [6.07, 6.45) is -8.66. The molecule has 3 aromatic heterocycles. The van der Waals surface area contributed by atoms with Crippen LogP contribution in [0.1, 0.15) is 16.7 Å². The largest absolute Gasteiger partial charge is 0.417 e. The third-order valence-corrected chi connectivity index (χ3v) is 3.54. The van der Waals surface area contributed by atoms with Crippen LogP contribution in [0.5, 0.6) is 11.8 Å². The zero-order chi connectivity index (χ0) is 28.3. The summed E-state index contributed by atoms with van der Waals surface area (Å²) < 4.78 is 116. The summed E-state index contributed by atoms with van der Waals surface area (Å²) in [5.74, 6) is -0.232. The van der Waals surface area contributed by atoms with Crippen molar-refractivity contribution in [3.8, 4) is 24.3 Å². The lowest BCUT2D eigenvalue weighted by molar-refractivity contribution is -0.138. The average molecular weight is 538 g/mol. The summed E-state index contributed by atoms with van der Waals surface area (Å²) in [5, 5.41) is 16.0. The van der Waals surface area contributed by atoms with Gasteiger partial charge in [-0.2, -0.15) is 39.5 Å². The van der Waals surface area contributed by atoms with Crippen molar-refractivity contribution in [1.82, 2.24) is 15.0 Å². The molecule has 0 bridgehead atoms. The first-order valence-corrected chi connectivity index (χ1v) is 9.05. The first-order valence-electron chi connectivity index (χ1n) is 9.05. The fourth-order valence-corrected chi connectivity index (χ4v) is 1.88. The summed E-state index contributed by atoms with van der Waals surface area (Å²) in [6.45, 7) is 0. The second-order valence-corrected chi connectivity index (χ2v) is 6.12. The van der Waals surface area contributed by atoms with Crippen molar-refractivity contribution >= 4 is 5.82 Å². The summed E-state index contributed by atoms with van der Waals surface area (Å²) >= 11 is 0. The number of nitriles is 2. The van der Waals surface area contributed by atoms with Gasteiger partial charge in [0, 0.05) is 30.7 Å². The van der Waals surface area contributed by atoms with E-state index in [0.717, 1.165) is 36.4 Å². The number of halogens is 9. The third kappa shape index (κ3) is 11.0. The van der Waals surface area contributed by atoms with E-state index in [9.17, 15) is 39.5 Å². The van der Waals surface area contributed by atoms with Gasteiger partial charge in [-0.15, -0.1) is 10.5 Å². The molecule has 0 spiro atoms. The van der Waals surface area contributed by atoms with Crippen molar-refractivity contribution in [2.45, 2.75) is 18.5 Å². The minimum atomic E-state index is -4.42. The first kappa shape index (κ1) is 30.2. The highest BCUT2D eigenvalue weighted by Crippen LogP contribution is 2.30. The van der Waals surface area contributed by atoms with Gasteiger partial charge in [0.25, 0.3) is 12.5 Å². The van der Waals surface area contributed by atoms with Crippen molar-refractivity contribution < 1.29 is 49.0 Å². The van der Waals surface area contributed by atoms with E-state index in [-0.39, 0.29) is 17.6 Å². The zero-order valence-corrected chi connectivity index (χ0v) is 17.7. The number of nitrogen functional groups attached to an aromatic ring is 1. The molecule has 17 heteroatoms. The molecule has 0 unspecified atom stereocenters. The molecule has 0 saturated heterocycles. The standard InChI is InChI=1S/2C7H3F3N2O.C6H5F3N2/c2*8-7(9,10)5-1-2-6(12-3-5)13-4-11;7-6(8,9)4-1-2-5(10)11-3-4/h2*1-3H;1-3H,(H2,10,11). The molecule has 0 amide bonds. The Bertz CT molecular complexity index is 1130. The topological polar surface area (TPSA) is 131 Å². The molecule has 0 aliphatic rings. The Hall–Kier alpha value is -4.80. The van der Waals surface area contributed by atoms with E-state index >= 15 is 0 Å². The molecule has 37 heavy (non-hydrogen) atoms. The fourth-order valence-electron chi connectivity index (χ4n) is 1.88. The van der Waals surface area contributed by atoms with Gasteiger partial charge >= 0.3 is 18.5 Å². The predicted molar refractivity (Wildman–Crippen MR) is 105 cm³/mol. The van der Waals surface area contributed by atoms with E-state index in [4.69, 9.17) is 16.3 Å². The Morgan fingerprint density at radius 1 is 0.568 bits per heavy atom. The number of anilines is 1. The number of pyridine rings is 3. The van der Waals surface area contributed by atoms with E-state index < -0.39 is 35.2 Å². The highest BCUT2D eigenvalue weighted by atomic mass is 19.4. The van der Waals surface area contributed by atoms with Gasteiger partial charge in [0.05, 0.1) is 16.7 Å². The van der Waals surface area contributed by atoms with Crippen molar-refractivity contribution in [2.75, 3.05) is 5.73 Å². The second kappa shape index (κ2) is 12.8. The molecular formula is C20H11F9N6O2. The van der Waals surface area contributed by atoms with Crippen LogP contribution in [0.2, 0.25) is 0 Å². The molecule has 3 heterocycles. The highest BCUT2D eigenvalue weighted by molar-refractivity contribution is 5.30. The Morgan fingerprint density at radius 2 is 0.892 bits per heavy atom. The monoisotopic (exact) mass is 538 g/mol. The molecule has 0 fully saturated rings. The number of nitrogens with two attached hydrogens (primary N) is 1. The number of aromatic nitrogens is 3. The molecule has 3 rings (SSSR count). The number of hydrogen-bond acceptors (Lipinski definition) is 8. The minimum absolute atomic E-state index is 0.0815. The van der Waals surface area contributed by atoms with E-state index in [1.165, 1.54) is 12.5 Å². The van der Waals surface area contributed by atoms with Gasteiger partial charge in [-0.05, 0) is 24.3 Å². The Labute approximate surface area is 201 Å². The summed E-state index contributed by atoms with van der Waals surface area (Å²) in [7, 11) is 0. The van der Waals surface area contributed by atoms with Crippen molar-refractivity contribution in [1.29, 1.82) is 10.5 Å². The maximum absolute atomic E-state index is 12.0. The van der Waals surface area contributed by atoms with Gasteiger partial charge < -0.3 is 15.2 Å². The highest BCUT2D eigenvalue weighted by Gasteiger charge is 2.32. The van der Waals surface area contributed by atoms with Gasteiger partial charge in [0.1, 0.15) is 5.82 Å². The molecule has 3 aromatic rings. The molecule has 0 aliphatic heterocycles. The smallest absolute Gasteiger partial charge is 0.384 e. The third-order valence-electron chi connectivity index (χ3n) is 3.54. The molecule has 2 N–H and O–H groups in total. The Morgan fingerprint density at radius 3 is 1.11 bits per heavy atom. The second-order valence-electron chi connectivity index (χ2n) is 6.12. The zero-order valence-electron chi connectivity index (χ0n) is 17.7. The van der Waals surface area contributed by atoms with Crippen LogP contribution in [0, 0.1) is 23.0 Å². The van der Waals surface area contributed by atoms with Gasteiger partial charge in [-0.1, -0.05) is 0 Å². The van der Waals surface area contributed by atoms with Crippen LogP contribution in [-0.2, 0) is 18.5 Å². The van der Waals surface area contributed by atoms with Crippen LogP contribution < -0.4 is 15.2 Å². The van der Waals surface area contributed by atoms with E-state index in [1.54, 1.807) is 0 Å². The maximum Gasteiger partial charge on any atom is 0.417 e. The molecule has 0 aliphatic carbocycles. The quantitative estimate of drug-likeness (QED) is 0.330. The predicted octanol–water partition coefficient (Wildman–Crippen LogP) is 5.60. The van der Waals surface area contributed by atoms with E-state index in [0.29, 0.717) is 18.6 Å². The van der Waals surface area contributed by atoms with Crippen molar-refractivity contribution in [2.24, 2.45) is 0 Å². The first-order chi connectivity index (χ1) is 17.1. The molecule has 196 valence electrons. The molecule has 0 aromatic carbocycles. The van der Waals surface area contributed by atoms with Crippen molar-refractivity contribution in [3.05, 3.63) is 71.7 Å². The van der Waals surface area contributed by atoms with E-state index in [1.807, 2.05) is 0 Å². The molecular weight excluding hydrogens is 527 g/mol. The number of ether oxygens (including phenoxy) is 2. The van der Waals surface area contributed by atoms with Gasteiger partial charge in [0.2, 0.25) is 11.8 Å². The number of hydrogen-bond donors (Lipinski definition) is 1. The van der Waals surface area contributed by atoms with Gasteiger partial charge in [-0.25, -0.2) is 15.0 Å². The van der Waals surface area contributed by atoms with Crippen LogP contribution >= 0.6 is 0 Å². The number of alkyl halides is 9. The summed E-state index contributed by atoms with van der Waals surface area (Å²) in [5.41, 5.74) is 2.55. The fraction of sp³-hybridized carbons (Fsp3) is 0.150. The lowest BCUT2D eigenvalue weighted by Gasteiger charge is -2.04. The van der Waals surface area contributed by atoms with Crippen LogP contribution in [0.3, 0.4) is 0 Å². The van der Waals surface area contributed by atoms with Crippen LogP contribution in [-0.4, -0.2) is 15.0 Å². The summed E-state index contributed by atoms with van der Waals surface area (Å²) in [4.78, 5) is 9.84. The lowest BCUT2D eigenvalue weighted by atomic mass is 10.3. The molecule has 0 atom stereocenters. The van der Waals surface area contributed by atoms with Crippen LogP contribution in [0.4, 0.5) is 45.3 Å². The Kier molecular flexibility index (Phi) is 10.4. The lowest BCUT2D eigenvalue weighted by Crippen LogP contribution is -2.05. The van der Waals surface area contributed by atoms with Crippen LogP contribution in [0.25, 0.3) is 0 Å². The van der Waals surface area contributed by atoms with Gasteiger partial charge in [-0.3, -0.25) is 0 Å². The molecule has 0 radical (unpaired) electrons. The Balaban J connectivity index is 0.000000279. The van der Waals surface area contributed by atoms with Gasteiger partial charge in [0.15, 0.2) is 0 Å². The summed E-state index contributed by atoms with van der Waals surface area (Å²) in [6, 6.07) is 5.54.